The number of anilines is 1. The van der Waals surface area contributed by atoms with E-state index in [-0.39, 0.29) is 12.6 Å². The quantitative estimate of drug-likeness (QED) is 0.882. The van der Waals surface area contributed by atoms with Crippen molar-refractivity contribution in [2.24, 2.45) is 0 Å². The van der Waals surface area contributed by atoms with Crippen LogP contribution in [-0.4, -0.2) is 36.5 Å². The van der Waals surface area contributed by atoms with Crippen molar-refractivity contribution >= 4 is 5.69 Å². The third-order valence-electron chi connectivity index (χ3n) is 4.75. The summed E-state index contributed by atoms with van der Waals surface area (Å²) in [6, 6.07) is 17.8. The van der Waals surface area contributed by atoms with E-state index in [0.29, 0.717) is 24.5 Å². The molecule has 0 aromatic heterocycles. The smallest absolute Gasteiger partial charge is 0.161 e. The van der Waals surface area contributed by atoms with Crippen molar-refractivity contribution in [1.82, 2.24) is 0 Å². The highest BCUT2D eigenvalue weighted by atomic mass is 16.5. The molecule has 1 aliphatic rings. The van der Waals surface area contributed by atoms with Gasteiger partial charge < -0.3 is 19.5 Å². The molecule has 24 heavy (non-hydrogen) atoms. The summed E-state index contributed by atoms with van der Waals surface area (Å²) < 4.78 is 11.5. The van der Waals surface area contributed by atoms with Gasteiger partial charge in [0.25, 0.3) is 0 Å². The maximum atomic E-state index is 11.1. The van der Waals surface area contributed by atoms with Crippen LogP contribution in [0, 0.1) is 0 Å². The van der Waals surface area contributed by atoms with E-state index < -0.39 is 5.60 Å². The van der Waals surface area contributed by atoms with E-state index in [0.717, 1.165) is 12.2 Å². The molecule has 128 valence electrons. The number of benzene rings is 2. The average molecular weight is 327 g/mol. The maximum absolute atomic E-state index is 11.1. The second-order valence-electron chi connectivity index (χ2n) is 6.23. The van der Waals surface area contributed by atoms with Crippen molar-refractivity contribution in [3.8, 4) is 11.5 Å². The second-order valence-corrected chi connectivity index (χ2v) is 6.23. The summed E-state index contributed by atoms with van der Waals surface area (Å²) in [4.78, 5) is 2.23. The third-order valence-corrected chi connectivity index (χ3v) is 4.75. The number of hydrogen-bond acceptors (Lipinski definition) is 4. The Morgan fingerprint density at radius 3 is 2.33 bits per heavy atom. The Bertz CT molecular complexity index is 661. The zero-order chi connectivity index (χ0) is 17.0. The number of rotatable bonds is 6. The zero-order valence-electron chi connectivity index (χ0n) is 14.3. The topological polar surface area (TPSA) is 41.9 Å². The highest BCUT2D eigenvalue weighted by Gasteiger charge is 2.44. The van der Waals surface area contributed by atoms with Crippen LogP contribution in [0.4, 0.5) is 5.69 Å². The van der Waals surface area contributed by atoms with Crippen molar-refractivity contribution < 1.29 is 14.6 Å². The van der Waals surface area contributed by atoms with Gasteiger partial charge in [-0.05, 0) is 44.5 Å². The zero-order valence-corrected chi connectivity index (χ0v) is 14.3. The third kappa shape index (κ3) is 3.34. The monoisotopic (exact) mass is 327 g/mol. The van der Waals surface area contributed by atoms with Crippen molar-refractivity contribution in [2.75, 3.05) is 24.7 Å². The largest absolute Gasteiger partial charge is 0.490 e. The fourth-order valence-corrected chi connectivity index (χ4v) is 3.22. The van der Waals surface area contributed by atoms with Crippen LogP contribution in [0.1, 0.15) is 20.3 Å². The molecule has 0 radical (unpaired) electrons. The van der Waals surface area contributed by atoms with Crippen molar-refractivity contribution in [3.05, 3.63) is 54.6 Å². The van der Waals surface area contributed by atoms with Crippen molar-refractivity contribution in [2.45, 2.75) is 31.9 Å². The number of ether oxygens (including phenoxy) is 2. The number of nitrogens with zero attached hydrogens (tertiary/aromatic N) is 1. The lowest BCUT2D eigenvalue weighted by Crippen LogP contribution is -2.47. The van der Waals surface area contributed by atoms with Crippen molar-refractivity contribution in [1.29, 1.82) is 0 Å². The van der Waals surface area contributed by atoms with Gasteiger partial charge in [-0.15, -0.1) is 0 Å². The minimum Gasteiger partial charge on any atom is -0.490 e. The SMILES string of the molecule is CCOc1ccccc1OCC1(O)CCN(c2ccccc2)C1C. The van der Waals surface area contributed by atoms with Gasteiger partial charge in [-0.3, -0.25) is 0 Å². The molecule has 1 aliphatic heterocycles. The van der Waals surface area contributed by atoms with Gasteiger partial charge in [-0.25, -0.2) is 0 Å². The molecule has 1 heterocycles. The molecule has 3 rings (SSSR count). The van der Waals surface area contributed by atoms with Gasteiger partial charge in [-0.2, -0.15) is 0 Å². The summed E-state index contributed by atoms with van der Waals surface area (Å²) in [5.41, 5.74) is 0.255. The molecule has 2 aromatic rings. The molecular formula is C20H25NO3. The van der Waals surface area contributed by atoms with Gasteiger partial charge in [0.05, 0.1) is 12.6 Å². The van der Waals surface area contributed by atoms with Crippen molar-refractivity contribution in [3.63, 3.8) is 0 Å². The number of hydrogen-bond donors (Lipinski definition) is 1. The Kier molecular flexibility index (Phi) is 4.95. The average Bonchev–Trinajstić information content (AvgIpc) is 2.91. The normalized spacial score (nSPS) is 23.3. The van der Waals surface area contributed by atoms with Gasteiger partial charge in [0.1, 0.15) is 12.2 Å². The molecule has 4 heteroatoms. The fraction of sp³-hybridized carbons (Fsp3) is 0.400. The van der Waals surface area contributed by atoms with Crippen LogP contribution in [0.5, 0.6) is 11.5 Å². The minimum atomic E-state index is -0.880. The van der Waals surface area contributed by atoms with Gasteiger partial charge in [0.2, 0.25) is 0 Å². The van der Waals surface area contributed by atoms with E-state index in [1.165, 1.54) is 0 Å². The molecule has 1 fully saturated rings. The molecule has 0 spiro atoms. The first-order valence-electron chi connectivity index (χ1n) is 8.53. The van der Waals surface area contributed by atoms with Crippen LogP contribution in [0.3, 0.4) is 0 Å². The van der Waals surface area contributed by atoms with E-state index in [2.05, 4.69) is 24.0 Å². The summed E-state index contributed by atoms with van der Waals surface area (Å²) in [5.74, 6) is 1.40. The predicted octanol–water partition coefficient (Wildman–Crippen LogP) is 3.49. The lowest BCUT2D eigenvalue weighted by atomic mass is 9.97. The number of aliphatic hydroxyl groups is 1. The van der Waals surface area contributed by atoms with Gasteiger partial charge >= 0.3 is 0 Å². The Hall–Kier alpha value is -2.20. The van der Waals surface area contributed by atoms with Crippen LogP contribution in [0.2, 0.25) is 0 Å². The van der Waals surface area contributed by atoms with E-state index in [9.17, 15) is 5.11 Å². The summed E-state index contributed by atoms with van der Waals surface area (Å²) in [7, 11) is 0. The molecule has 1 saturated heterocycles. The molecule has 2 aromatic carbocycles. The Labute approximate surface area is 143 Å². The first kappa shape index (κ1) is 16.7. The molecular weight excluding hydrogens is 302 g/mol. The lowest BCUT2D eigenvalue weighted by Gasteiger charge is -2.32. The van der Waals surface area contributed by atoms with E-state index in [1.54, 1.807) is 0 Å². The van der Waals surface area contributed by atoms with Gasteiger partial charge in [-0.1, -0.05) is 30.3 Å². The second kappa shape index (κ2) is 7.14. The first-order chi connectivity index (χ1) is 11.6. The summed E-state index contributed by atoms with van der Waals surface area (Å²) >= 11 is 0. The van der Waals surface area contributed by atoms with Gasteiger partial charge in [0.15, 0.2) is 11.5 Å². The van der Waals surface area contributed by atoms with Crippen LogP contribution < -0.4 is 14.4 Å². The minimum absolute atomic E-state index is 0.0147. The molecule has 0 saturated carbocycles. The summed E-state index contributed by atoms with van der Waals surface area (Å²) in [6.45, 7) is 5.65. The summed E-state index contributed by atoms with van der Waals surface area (Å²) in [6.07, 6.45) is 0.680. The first-order valence-corrected chi connectivity index (χ1v) is 8.53. The van der Waals surface area contributed by atoms with Crippen LogP contribution in [-0.2, 0) is 0 Å². The van der Waals surface area contributed by atoms with Crippen LogP contribution in [0.25, 0.3) is 0 Å². The molecule has 0 amide bonds. The van der Waals surface area contributed by atoms with Crippen LogP contribution >= 0.6 is 0 Å². The molecule has 0 bridgehead atoms. The van der Waals surface area contributed by atoms with E-state index in [4.69, 9.17) is 9.47 Å². The Morgan fingerprint density at radius 1 is 1.04 bits per heavy atom. The fourth-order valence-electron chi connectivity index (χ4n) is 3.22. The number of para-hydroxylation sites is 3. The van der Waals surface area contributed by atoms with E-state index in [1.807, 2.05) is 49.4 Å². The standard InChI is InChI=1S/C20H25NO3/c1-3-23-18-11-7-8-12-19(18)24-15-20(22)13-14-21(16(20)2)17-9-5-4-6-10-17/h4-12,16,22H,3,13-15H2,1-2H3. The molecule has 0 aliphatic carbocycles. The molecule has 1 N–H and O–H groups in total. The van der Waals surface area contributed by atoms with Gasteiger partial charge in [0, 0.05) is 12.2 Å². The highest BCUT2D eigenvalue weighted by Crippen LogP contribution is 2.34. The summed E-state index contributed by atoms with van der Waals surface area (Å²) in [5, 5.41) is 11.1. The molecule has 2 unspecified atom stereocenters. The highest BCUT2D eigenvalue weighted by molar-refractivity contribution is 5.49. The molecule has 2 atom stereocenters. The lowest BCUT2D eigenvalue weighted by molar-refractivity contribution is -0.00819. The Morgan fingerprint density at radius 2 is 1.67 bits per heavy atom. The van der Waals surface area contributed by atoms with E-state index >= 15 is 0 Å². The maximum Gasteiger partial charge on any atom is 0.161 e. The van der Waals surface area contributed by atoms with Crippen LogP contribution in [0.15, 0.2) is 54.6 Å². The predicted molar refractivity (Wildman–Crippen MR) is 95.9 cm³/mol. The molecule has 4 nitrogen and oxygen atoms in total. The Balaban J connectivity index is 1.69.